The number of rotatable bonds is 4. The summed E-state index contributed by atoms with van der Waals surface area (Å²) in [5.41, 5.74) is 4.92. The molecule has 0 aromatic heterocycles. The van der Waals surface area contributed by atoms with E-state index in [-0.39, 0.29) is 11.1 Å². The Labute approximate surface area is 152 Å². The molecule has 3 rings (SSSR count). The highest BCUT2D eigenvalue weighted by atomic mass is 15.3. The van der Waals surface area contributed by atoms with E-state index in [4.69, 9.17) is 4.99 Å². The van der Waals surface area contributed by atoms with Crippen LogP contribution in [0.3, 0.4) is 0 Å². The minimum absolute atomic E-state index is 0.00781. The smallest absolute Gasteiger partial charge is 0.108 e. The van der Waals surface area contributed by atoms with Crippen LogP contribution in [0.25, 0.3) is 0 Å². The second-order valence-corrected chi connectivity index (χ2v) is 7.93. The minimum Gasteiger partial charge on any atom is -0.351 e. The number of hydrogen-bond acceptors (Lipinski definition) is 2. The van der Waals surface area contributed by atoms with Crippen LogP contribution in [0.2, 0.25) is 0 Å². The molecule has 0 spiro atoms. The maximum absolute atomic E-state index is 4.85. The Morgan fingerprint density at radius 1 is 0.960 bits per heavy atom. The Balaban J connectivity index is 2.34. The lowest BCUT2D eigenvalue weighted by molar-refractivity contribution is 0.377. The van der Waals surface area contributed by atoms with Gasteiger partial charge < -0.3 is 4.90 Å². The molecule has 2 aromatic rings. The summed E-state index contributed by atoms with van der Waals surface area (Å²) in [6, 6.07) is 19.7. The number of aliphatic imine (C=N–C) groups is 1. The van der Waals surface area contributed by atoms with Gasteiger partial charge in [0.15, 0.2) is 0 Å². The molecule has 0 amide bonds. The van der Waals surface area contributed by atoms with Crippen molar-refractivity contribution >= 4 is 11.4 Å². The monoisotopic (exact) mass is 334 g/mol. The number of hydrogen-bond donors (Lipinski definition) is 0. The van der Waals surface area contributed by atoms with Crippen molar-refractivity contribution in [3.05, 3.63) is 65.7 Å². The lowest BCUT2D eigenvalue weighted by Gasteiger charge is -2.48. The standard InChI is InChI=1S/C23H30N2/c1-6-7-17-23(18-13-9-8-10-14-18)21(24-5)19-15-11-12-16-20(19)25(23)22(2,3)4/h8-16H,6-7,17H2,1-5H3. The molecule has 0 saturated carbocycles. The van der Waals surface area contributed by atoms with Gasteiger partial charge in [-0.05, 0) is 38.8 Å². The van der Waals surface area contributed by atoms with Crippen LogP contribution in [0.15, 0.2) is 59.6 Å². The van der Waals surface area contributed by atoms with Gasteiger partial charge in [0.2, 0.25) is 0 Å². The van der Waals surface area contributed by atoms with E-state index in [0.717, 1.165) is 6.42 Å². The number of benzene rings is 2. The van der Waals surface area contributed by atoms with Gasteiger partial charge in [-0.2, -0.15) is 0 Å². The molecule has 1 aliphatic heterocycles. The number of nitrogens with zero attached hydrogens (tertiary/aromatic N) is 2. The van der Waals surface area contributed by atoms with Crippen molar-refractivity contribution in [2.75, 3.05) is 11.9 Å². The summed E-state index contributed by atoms with van der Waals surface area (Å²) < 4.78 is 0. The quantitative estimate of drug-likeness (QED) is 0.689. The molecule has 1 unspecified atom stereocenters. The van der Waals surface area contributed by atoms with Crippen molar-refractivity contribution in [3.63, 3.8) is 0 Å². The number of anilines is 1. The zero-order valence-corrected chi connectivity index (χ0v) is 16.2. The summed E-state index contributed by atoms with van der Waals surface area (Å²) >= 11 is 0. The first-order valence-corrected chi connectivity index (χ1v) is 9.39. The molecule has 2 aromatic carbocycles. The molecule has 0 aliphatic carbocycles. The van der Waals surface area contributed by atoms with E-state index in [1.54, 1.807) is 0 Å². The SMILES string of the molecule is CCCCC1(c2ccccc2)C(=NC)c2ccccc2N1C(C)(C)C. The predicted octanol–water partition coefficient (Wildman–Crippen LogP) is 5.81. The second-order valence-electron chi connectivity index (χ2n) is 7.93. The van der Waals surface area contributed by atoms with Crippen LogP contribution in [0, 0.1) is 0 Å². The summed E-state index contributed by atoms with van der Waals surface area (Å²) in [6.45, 7) is 9.20. The van der Waals surface area contributed by atoms with Crippen molar-refractivity contribution in [2.45, 2.75) is 58.0 Å². The third-order valence-corrected chi connectivity index (χ3v) is 5.21. The maximum Gasteiger partial charge on any atom is 0.108 e. The summed E-state index contributed by atoms with van der Waals surface area (Å²) in [5, 5.41) is 0. The fraction of sp³-hybridized carbons (Fsp3) is 0.435. The third-order valence-electron chi connectivity index (χ3n) is 5.21. The molecule has 0 N–H and O–H groups in total. The second kappa shape index (κ2) is 6.67. The Kier molecular flexibility index (Phi) is 4.73. The first-order chi connectivity index (χ1) is 12.0. The van der Waals surface area contributed by atoms with Gasteiger partial charge in [-0.3, -0.25) is 4.99 Å². The third kappa shape index (κ3) is 2.78. The lowest BCUT2D eigenvalue weighted by Crippen LogP contribution is -2.56. The molecule has 25 heavy (non-hydrogen) atoms. The predicted molar refractivity (Wildman–Crippen MR) is 109 cm³/mol. The van der Waals surface area contributed by atoms with Crippen molar-refractivity contribution in [1.29, 1.82) is 0 Å². The number of unbranched alkanes of at least 4 members (excludes halogenated alkanes) is 1. The van der Waals surface area contributed by atoms with E-state index in [9.17, 15) is 0 Å². The van der Waals surface area contributed by atoms with Crippen molar-refractivity contribution in [3.8, 4) is 0 Å². The summed E-state index contributed by atoms with van der Waals surface area (Å²) in [5.74, 6) is 0. The van der Waals surface area contributed by atoms with Crippen molar-refractivity contribution < 1.29 is 0 Å². The zero-order chi connectivity index (χ0) is 18.1. The molecule has 1 heterocycles. The first-order valence-electron chi connectivity index (χ1n) is 9.39. The zero-order valence-electron chi connectivity index (χ0n) is 16.2. The lowest BCUT2D eigenvalue weighted by atomic mass is 9.78. The molecule has 2 heteroatoms. The van der Waals surface area contributed by atoms with Crippen LogP contribution in [0.5, 0.6) is 0 Å². The summed E-state index contributed by atoms with van der Waals surface area (Å²) in [6.07, 6.45) is 3.43. The molecule has 0 radical (unpaired) electrons. The van der Waals surface area contributed by atoms with Crippen LogP contribution >= 0.6 is 0 Å². The van der Waals surface area contributed by atoms with Crippen LogP contribution in [0.4, 0.5) is 5.69 Å². The highest BCUT2D eigenvalue weighted by molar-refractivity contribution is 6.17. The molecule has 1 aliphatic rings. The topological polar surface area (TPSA) is 15.6 Å². The van der Waals surface area contributed by atoms with Gasteiger partial charge >= 0.3 is 0 Å². The van der Waals surface area contributed by atoms with Crippen molar-refractivity contribution in [1.82, 2.24) is 0 Å². The van der Waals surface area contributed by atoms with E-state index in [2.05, 4.69) is 87.2 Å². The van der Waals surface area contributed by atoms with E-state index in [0.29, 0.717) is 0 Å². The number of para-hydroxylation sites is 1. The Morgan fingerprint density at radius 2 is 1.60 bits per heavy atom. The van der Waals surface area contributed by atoms with Gasteiger partial charge in [0.25, 0.3) is 0 Å². The van der Waals surface area contributed by atoms with E-state index < -0.39 is 0 Å². The molecular weight excluding hydrogens is 304 g/mol. The van der Waals surface area contributed by atoms with Gasteiger partial charge in [0, 0.05) is 23.8 Å². The van der Waals surface area contributed by atoms with Crippen LogP contribution in [0.1, 0.15) is 58.1 Å². The van der Waals surface area contributed by atoms with Crippen LogP contribution in [-0.4, -0.2) is 18.3 Å². The Bertz CT molecular complexity index is 755. The first kappa shape index (κ1) is 17.7. The van der Waals surface area contributed by atoms with E-state index in [1.807, 2.05) is 7.05 Å². The van der Waals surface area contributed by atoms with Gasteiger partial charge in [0.1, 0.15) is 5.54 Å². The van der Waals surface area contributed by atoms with E-state index >= 15 is 0 Å². The molecule has 2 nitrogen and oxygen atoms in total. The fourth-order valence-electron chi connectivity index (χ4n) is 4.43. The highest BCUT2D eigenvalue weighted by Crippen LogP contribution is 2.51. The minimum atomic E-state index is -0.200. The summed E-state index contributed by atoms with van der Waals surface area (Å²) in [7, 11) is 1.95. The largest absolute Gasteiger partial charge is 0.351 e. The number of fused-ring (bicyclic) bond motifs is 1. The molecule has 0 fully saturated rings. The van der Waals surface area contributed by atoms with Gasteiger partial charge in [-0.1, -0.05) is 68.3 Å². The van der Waals surface area contributed by atoms with Crippen LogP contribution < -0.4 is 4.90 Å². The Hall–Kier alpha value is -2.09. The van der Waals surface area contributed by atoms with Crippen molar-refractivity contribution in [2.24, 2.45) is 4.99 Å². The van der Waals surface area contributed by atoms with Gasteiger partial charge in [-0.25, -0.2) is 0 Å². The maximum atomic E-state index is 4.85. The fourth-order valence-corrected chi connectivity index (χ4v) is 4.43. The molecule has 1 atom stereocenters. The van der Waals surface area contributed by atoms with Gasteiger partial charge in [-0.15, -0.1) is 0 Å². The molecular formula is C23H30N2. The molecule has 132 valence electrons. The average Bonchev–Trinajstić information content (AvgIpc) is 2.91. The highest BCUT2D eigenvalue weighted by Gasteiger charge is 2.52. The summed E-state index contributed by atoms with van der Waals surface area (Å²) in [4.78, 5) is 7.46. The van der Waals surface area contributed by atoms with Crippen LogP contribution in [-0.2, 0) is 5.54 Å². The Morgan fingerprint density at radius 3 is 2.20 bits per heavy atom. The normalized spacial score (nSPS) is 21.6. The van der Waals surface area contributed by atoms with Gasteiger partial charge in [0.05, 0.1) is 5.71 Å². The van der Waals surface area contributed by atoms with E-state index in [1.165, 1.54) is 35.4 Å². The molecule has 0 saturated heterocycles. The average molecular weight is 335 g/mol. The molecule has 0 bridgehead atoms.